The SMILES string of the molecule is Cc1cc(=O)[nH]c(-n2nc(-c3ccco3)cc2NC(=O)c2ccc(Br)cc2)n1. The number of carbonyl (C=O) groups is 1. The Balaban J connectivity index is 1.77. The van der Waals surface area contributed by atoms with Gasteiger partial charge in [-0.15, -0.1) is 0 Å². The van der Waals surface area contributed by atoms with Gasteiger partial charge in [-0.2, -0.15) is 9.78 Å². The minimum atomic E-state index is -0.324. The summed E-state index contributed by atoms with van der Waals surface area (Å²) in [5.74, 6) is 0.726. The van der Waals surface area contributed by atoms with Crippen molar-refractivity contribution in [2.75, 3.05) is 5.32 Å². The maximum absolute atomic E-state index is 12.7. The zero-order valence-corrected chi connectivity index (χ0v) is 16.2. The van der Waals surface area contributed by atoms with E-state index in [1.165, 1.54) is 17.0 Å². The van der Waals surface area contributed by atoms with E-state index in [0.29, 0.717) is 28.5 Å². The molecule has 0 radical (unpaired) electrons. The Labute approximate surface area is 167 Å². The molecular formula is C19H14BrN5O3. The number of hydrogen-bond donors (Lipinski definition) is 2. The van der Waals surface area contributed by atoms with Crippen LogP contribution < -0.4 is 10.9 Å². The van der Waals surface area contributed by atoms with Crippen LogP contribution in [0.5, 0.6) is 0 Å². The third kappa shape index (κ3) is 3.65. The highest BCUT2D eigenvalue weighted by atomic mass is 79.9. The molecule has 0 spiro atoms. The summed E-state index contributed by atoms with van der Waals surface area (Å²) in [6, 6.07) is 13.5. The summed E-state index contributed by atoms with van der Waals surface area (Å²) in [6.07, 6.45) is 1.53. The Morgan fingerprint density at radius 3 is 2.68 bits per heavy atom. The number of furan rings is 1. The fraction of sp³-hybridized carbons (Fsp3) is 0.0526. The van der Waals surface area contributed by atoms with Gasteiger partial charge in [0.1, 0.15) is 11.5 Å². The number of amides is 1. The van der Waals surface area contributed by atoms with Crippen LogP contribution in [0.2, 0.25) is 0 Å². The average molecular weight is 440 g/mol. The summed E-state index contributed by atoms with van der Waals surface area (Å²) in [6.45, 7) is 1.70. The molecule has 1 aromatic carbocycles. The number of aryl methyl sites for hydroxylation is 1. The maximum atomic E-state index is 12.7. The molecule has 0 saturated heterocycles. The minimum Gasteiger partial charge on any atom is -0.463 e. The van der Waals surface area contributed by atoms with Gasteiger partial charge < -0.3 is 9.73 Å². The second-order valence-electron chi connectivity index (χ2n) is 5.98. The van der Waals surface area contributed by atoms with Gasteiger partial charge in [-0.25, -0.2) is 4.98 Å². The summed E-state index contributed by atoms with van der Waals surface area (Å²) in [4.78, 5) is 31.5. The van der Waals surface area contributed by atoms with E-state index >= 15 is 0 Å². The largest absolute Gasteiger partial charge is 0.463 e. The predicted molar refractivity (Wildman–Crippen MR) is 107 cm³/mol. The van der Waals surface area contributed by atoms with Gasteiger partial charge in [0.15, 0.2) is 5.76 Å². The number of carbonyl (C=O) groups excluding carboxylic acids is 1. The first-order chi connectivity index (χ1) is 13.5. The lowest BCUT2D eigenvalue weighted by Crippen LogP contribution is -2.18. The topological polar surface area (TPSA) is 106 Å². The Hall–Kier alpha value is -3.46. The lowest BCUT2D eigenvalue weighted by Gasteiger charge is -2.08. The van der Waals surface area contributed by atoms with E-state index in [2.05, 4.69) is 36.3 Å². The van der Waals surface area contributed by atoms with Crippen LogP contribution in [0, 0.1) is 6.92 Å². The molecule has 0 aliphatic heterocycles. The van der Waals surface area contributed by atoms with E-state index in [4.69, 9.17) is 4.42 Å². The van der Waals surface area contributed by atoms with Crippen molar-refractivity contribution >= 4 is 27.7 Å². The van der Waals surface area contributed by atoms with Crippen molar-refractivity contribution in [1.29, 1.82) is 0 Å². The molecule has 140 valence electrons. The highest BCUT2D eigenvalue weighted by Gasteiger charge is 2.17. The predicted octanol–water partition coefficient (Wildman–Crippen LogP) is 3.54. The molecule has 4 rings (SSSR count). The first-order valence-corrected chi connectivity index (χ1v) is 9.08. The number of halogens is 1. The molecular weight excluding hydrogens is 426 g/mol. The van der Waals surface area contributed by atoms with Crippen LogP contribution >= 0.6 is 15.9 Å². The number of hydrogen-bond acceptors (Lipinski definition) is 5. The van der Waals surface area contributed by atoms with E-state index in [1.807, 2.05) is 0 Å². The van der Waals surface area contributed by atoms with Crippen LogP contribution in [0.1, 0.15) is 16.1 Å². The normalized spacial score (nSPS) is 10.8. The number of rotatable bonds is 4. The Morgan fingerprint density at radius 1 is 1.21 bits per heavy atom. The molecule has 0 atom stereocenters. The van der Waals surface area contributed by atoms with Crippen LogP contribution in [-0.4, -0.2) is 25.7 Å². The summed E-state index contributed by atoms with van der Waals surface area (Å²) in [5, 5.41) is 7.24. The van der Waals surface area contributed by atoms with Crippen molar-refractivity contribution in [1.82, 2.24) is 19.7 Å². The molecule has 9 heteroatoms. The zero-order chi connectivity index (χ0) is 19.7. The van der Waals surface area contributed by atoms with Crippen molar-refractivity contribution in [2.45, 2.75) is 6.92 Å². The van der Waals surface area contributed by atoms with Gasteiger partial charge in [0, 0.05) is 27.9 Å². The van der Waals surface area contributed by atoms with Crippen molar-refractivity contribution in [3.05, 3.63) is 80.9 Å². The van der Waals surface area contributed by atoms with E-state index in [1.54, 1.807) is 49.4 Å². The fourth-order valence-corrected chi connectivity index (χ4v) is 2.89. The summed E-state index contributed by atoms with van der Waals surface area (Å²) < 4.78 is 7.62. The van der Waals surface area contributed by atoms with Gasteiger partial charge >= 0.3 is 0 Å². The number of benzene rings is 1. The van der Waals surface area contributed by atoms with Gasteiger partial charge in [-0.1, -0.05) is 15.9 Å². The molecule has 3 heterocycles. The molecule has 28 heavy (non-hydrogen) atoms. The van der Waals surface area contributed by atoms with Crippen molar-refractivity contribution in [2.24, 2.45) is 0 Å². The summed E-state index contributed by atoms with van der Waals surface area (Å²) in [7, 11) is 0. The van der Waals surface area contributed by atoms with Crippen LogP contribution in [0.15, 0.2) is 68.5 Å². The lowest BCUT2D eigenvalue weighted by atomic mass is 10.2. The summed E-state index contributed by atoms with van der Waals surface area (Å²) in [5.41, 5.74) is 1.17. The number of aromatic amines is 1. The van der Waals surface area contributed by atoms with E-state index < -0.39 is 0 Å². The molecule has 0 saturated carbocycles. The Kier molecular flexibility index (Phi) is 4.66. The third-order valence-corrected chi connectivity index (χ3v) is 4.42. The first-order valence-electron chi connectivity index (χ1n) is 8.29. The molecule has 8 nitrogen and oxygen atoms in total. The molecule has 0 aliphatic carbocycles. The number of aromatic nitrogens is 4. The molecule has 0 fully saturated rings. The Bertz CT molecular complexity index is 1190. The zero-order valence-electron chi connectivity index (χ0n) is 14.6. The van der Waals surface area contributed by atoms with Crippen LogP contribution in [0.4, 0.5) is 5.82 Å². The molecule has 3 aromatic heterocycles. The Morgan fingerprint density at radius 2 is 2.00 bits per heavy atom. The summed E-state index contributed by atoms with van der Waals surface area (Å²) >= 11 is 3.34. The molecule has 2 N–H and O–H groups in total. The van der Waals surface area contributed by atoms with Crippen molar-refractivity contribution < 1.29 is 9.21 Å². The number of nitrogens with one attached hydrogen (secondary N) is 2. The smallest absolute Gasteiger partial charge is 0.256 e. The van der Waals surface area contributed by atoms with Crippen molar-refractivity contribution in [3.63, 3.8) is 0 Å². The third-order valence-electron chi connectivity index (χ3n) is 3.89. The number of H-pyrrole nitrogens is 1. The first kappa shape index (κ1) is 17.9. The molecule has 0 aliphatic rings. The van der Waals surface area contributed by atoms with Gasteiger partial charge in [0.25, 0.3) is 11.5 Å². The van der Waals surface area contributed by atoms with Crippen LogP contribution in [0.3, 0.4) is 0 Å². The van der Waals surface area contributed by atoms with E-state index in [-0.39, 0.29) is 17.4 Å². The van der Waals surface area contributed by atoms with E-state index in [9.17, 15) is 9.59 Å². The van der Waals surface area contributed by atoms with Crippen LogP contribution in [0.25, 0.3) is 17.4 Å². The molecule has 1 amide bonds. The van der Waals surface area contributed by atoms with Gasteiger partial charge in [0.2, 0.25) is 5.95 Å². The van der Waals surface area contributed by atoms with Crippen molar-refractivity contribution in [3.8, 4) is 17.4 Å². The monoisotopic (exact) mass is 439 g/mol. The van der Waals surface area contributed by atoms with Gasteiger partial charge in [-0.05, 0) is 43.3 Å². The number of nitrogens with zero attached hydrogens (tertiary/aromatic N) is 3. The van der Waals surface area contributed by atoms with E-state index in [0.717, 1.165) is 4.47 Å². The lowest BCUT2D eigenvalue weighted by molar-refractivity contribution is 0.102. The second-order valence-corrected chi connectivity index (χ2v) is 6.89. The molecule has 0 unspecified atom stereocenters. The van der Waals surface area contributed by atoms with Gasteiger partial charge in [-0.3, -0.25) is 14.6 Å². The quantitative estimate of drug-likeness (QED) is 0.505. The standard InChI is InChI=1S/C19H14BrN5O3/c1-11-9-17(26)23-19(21-11)25-16(10-14(24-25)15-3-2-8-28-15)22-18(27)12-4-6-13(20)7-5-12/h2-10H,1H3,(H,22,27)(H,21,23,26). The number of anilines is 1. The van der Waals surface area contributed by atoms with Crippen LogP contribution in [-0.2, 0) is 0 Å². The molecule has 0 bridgehead atoms. The maximum Gasteiger partial charge on any atom is 0.256 e. The fourth-order valence-electron chi connectivity index (χ4n) is 2.63. The average Bonchev–Trinajstić information content (AvgIpc) is 3.31. The van der Waals surface area contributed by atoms with Gasteiger partial charge in [0.05, 0.1) is 6.26 Å². The minimum absolute atomic E-state index is 0.189. The second kappa shape index (κ2) is 7.28. The molecule has 4 aromatic rings. The highest BCUT2D eigenvalue weighted by molar-refractivity contribution is 9.10. The highest BCUT2D eigenvalue weighted by Crippen LogP contribution is 2.24.